The molecule has 2 rings (SSSR count). The molecule has 1 aromatic heterocycles. The highest BCUT2D eigenvalue weighted by atomic mass is 32.2. The van der Waals surface area contributed by atoms with Gasteiger partial charge >= 0.3 is 5.63 Å². The van der Waals surface area contributed by atoms with Crippen molar-refractivity contribution < 1.29 is 14.0 Å². The van der Waals surface area contributed by atoms with E-state index in [0.717, 1.165) is 25.2 Å². The fourth-order valence-electron chi connectivity index (χ4n) is 2.97. The maximum absolute atomic E-state index is 12.6. The summed E-state index contributed by atoms with van der Waals surface area (Å²) in [7, 11) is 0. The Kier molecular flexibility index (Phi) is 7.65. The molecule has 0 fully saturated rings. The average molecular weight is 394 g/mol. The Morgan fingerprint density at radius 1 is 1.33 bits per heavy atom. The standard InChI is InChI=1S/C19H27N3O4S/c1-5-8-14(20-18(25)15-11-27-19(21-15)12(4)23)16-9-13(10-17(24)26-16)22(6-2)7-3/h9-10,14-15H,5-8,11H2,1-4H3,(H,20,25). The van der Waals surface area contributed by atoms with E-state index in [1.165, 1.54) is 24.8 Å². The summed E-state index contributed by atoms with van der Waals surface area (Å²) in [6, 6.07) is 2.29. The van der Waals surface area contributed by atoms with Gasteiger partial charge in [-0.15, -0.1) is 11.8 Å². The molecule has 8 heteroatoms. The number of carbonyl (C=O) groups excluding carboxylic acids is 2. The molecule has 0 spiro atoms. The summed E-state index contributed by atoms with van der Waals surface area (Å²) >= 11 is 1.30. The number of nitrogens with zero attached hydrogens (tertiary/aromatic N) is 2. The molecule has 0 saturated heterocycles. The number of hydrogen-bond acceptors (Lipinski definition) is 7. The largest absolute Gasteiger partial charge is 0.426 e. The van der Waals surface area contributed by atoms with E-state index in [9.17, 15) is 14.4 Å². The predicted molar refractivity (Wildman–Crippen MR) is 109 cm³/mol. The number of aliphatic imine (C=N–C) groups is 1. The molecule has 2 unspecified atom stereocenters. The molecule has 1 aliphatic heterocycles. The summed E-state index contributed by atoms with van der Waals surface area (Å²) in [5, 5.41) is 3.33. The molecule has 1 aliphatic rings. The fourth-order valence-corrected chi connectivity index (χ4v) is 3.92. The number of Topliss-reactive ketones (excluding diaryl/α,β-unsaturated/α-hetero) is 1. The van der Waals surface area contributed by atoms with Gasteiger partial charge in [-0.3, -0.25) is 14.6 Å². The minimum Gasteiger partial charge on any atom is -0.426 e. The highest BCUT2D eigenvalue weighted by Gasteiger charge is 2.29. The lowest BCUT2D eigenvalue weighted by atomic mass is 10.1. The monoisotopic (exact) mass is 393 g/mol. The molecule has 148 valence electrons. The van der Waals surface area contributed by atoms with Gasteiger partial charge in [-0.05, 0) is 20.3 Å². The van der Waals surface area contributed by atoms with Gasteiger partial charge in [0.25, 0.3) is 0 Å². The van der Waals surface area contributed by atoms with E-state index in [1.54, 1.807) is 0 Å². The van der Waals surface area contributed by atoms with Crippen LogP contribution in [0, 0.1) is 0 Å². The summed E-state index contributed by atoms with van der Waals surface area (Å²) in [6.07, 6.45) is 1.45. The molecule has 1 amide bonds. The first kappa shape index (κ1) is 21.2. The van der Waals surface area contributed by atoms with Gasteiger partial charge in [-0.2, -0.15) is 0 Å². The van der Waals surface area contributed by atoms with Gasteiger partial charge in [0.05, 0.1) is 6.04 Å². The number of ketones is 1. The zero-order valence-corrected chi connectivity index (χ0v) is 17.1. The summed E-state index contributed by atoms with van der Waals surface area (Å²) in [6.45, 7) is 9.03. The van der Waals surface area contributed by atoms with Gasteiger partial charge in [-0.1, -0.05) is 13.3 Å². The van der Waals surface area contributed by atoms with Crippen LogP contribution in [0.3, 0.4) is 0 Å². The molecule has 0 radical (unpaired) electrons. The number of nitrogens with one attached hydrogen (secondary N) is 1. The van der Waals surface area contributed by atoms with Crippen LogP contribution < -0.4 is 15.8 Å². The maximum atomic E-state index is 12.6. The Morgan fingerprint density at radius 2 is 2.04 bits per heavy atom. The van der Waals surface area contributed by atoms with Gasteiger partial charge in [-0.25, -0.2) is 4.79 Å². The molecule has 2 atom stereocenters. The van der Waals surface area contributed by atoms with Gasteiger partial charge in [0.15, 0.2) is 5.78 Å². The Balaban J connectivity index is 2.23. The predicted octanol–water partition coefficient (Wildman–Crippen LogP) is 2.55. The second-order valence-corrected chi connectivity index (χ2v) is 7.39. The first-order valence-electron chi connectivity index (χ1n) is 9.31. The molecule has 0 aromatic carbocycles. The van der Waals surface area contributed by atoms with E-state index in [-0.39, 0.29) is 11.7 Å². The minimum absolute atomic E-state index is 0.127. The van der Waals surface area contributed by atoms with Crippen LogP contribution in [0.25, 0.3) is 0 Å². The number of rotatable bonds is 9. The second-order valence-electron chi connectivity index (χ2n) is 6.38. The van der Waals surface area contributed by atoms with Crippen molar-refractivity contribution in [2.45, 2.75) is 52.6 Å². The van der Waals surface area contributed by atoms with Gasteiger partial charge in [0.1, 0.15) is 16.8 Å². The van der Waals surface area contributed by atoms with Crippen molar-refractivity contribution in [2.24, 2.45) is 4.99 Å². The summed E-state index contributed by atoms with van der Waals surface area (Å²) in [5.41, 5.74) is 0.355. The third kappa shape index (κ3) is 5.45. The van der Waals surface area contributed by atoms with Gasteiger partial charge in [0, 0.05) is 43.6 Å². The zero-order chi connectivity index (χ0) is 20.0. The second kappa shape index (κ2) is 9.73. The minimum atomic E-state index is -0.592. The lowest BCUT2D eigenvalue weighted by molar-refractivity contribution is -0.122. The quantitative estimate of drug-likeness (QED) is 0.693. The molecule has 0 bridgehead atoms. The van der Waals surface area contributed by atoms with E-state index in [2.05, 4.69) is 15.2 Å². The van der Waals surface area contributed by atoms with Crippen LogP contribution in [-0.4, -0.2) is 41.6 Å². The van der Waals surface area contributed by atoms with Crippen LogP contribution in [0.15, 0.2) is 26.3 Å². The first-order chi connectivity index (χ1) is 12.9. The Hall–Kier alpha value is -2.09. The maximum Gasteiger partial charge on any atom is 0.338 e. The smallest absolute Gasteiger partial charge is 0.338 e. The van der Waals surface area contributed by atoms with Crippen molar-refractivity contribution in [3.05, 3.63) is 28.3 Å². The number of carbonyl (C=O) groups is 2. The number of thioether (sulfide) groups is 1. The van der Waals surface area contributed by atoms with Crippen molar-refractivity contribution in [1.82, 2.24) is 5.32 Å². The molecular weight excluding hydrogens is 366 g/mol. The van der Waals surface area contributed by atoms with Crippen LogP contribution in [0.2, 0.25) is 0 Å². The van der Waals surface area contributed by atoms with Gasteiger partial charge < -0.3 is 14.6 Å². The topological polar surface area (TPSA) is 92.0 Å². The summed E-state index contributed by atoms with van der Waals surface area (Å²) in [4.78, 5) is 42.3. The molecular formula is C19H27N3O4S. The highest BCUT2D eigenvalue weighted by Crippen LogP contribution is 2.24. The van der Waals surface area contributed by atoms with Crippen LogP contribution in [0.1, 0.15) is 52.3 Å². The lowest BCUT2D eigenvalue weighted by Gasteiger charge is -2.23. The molecule has 2 heterocycles. The molecule has 1 N–H and O–H groups in total. The third-order valence-corrected chi connectivity index (χ3v) is 5.54. The Morgan fingerprint density at radius 3 is 2.59 bits per heavy atom. The Bertz CT molecular complexity index is 770. The highest BCUT2D eigenvalue weighted by molar-refractivity contribution is 8.16. The van der Waals surface area contributed by atoms with Crippen molar-refractivity contribution in [3.63, 3.8) is 0 Å². The molecule has 1 aromatic rings. The molecule has 7 nitrogen and oxygen atoms in total. The molecule has 0 saturated carbocycles. The number of hydrogen-bond donors (Lipinski definition) is 1. The van der Waals surface area contributed by atoms with Crippen molar-refractivity contribution in [1.29, 1.82) is 0 Å². The third-order valence-electron chi connectivity index (χ3n) is 4.40. The first-order valence-corrected chi connectivity index (χ1v) is 10.3. The molecule has 0 aliphatic carbocycles. The van der Waals surface area contributed by atoms with Crippen LogP contribution in [-0.2, 0) is 9.59 Å². The van der Waals surface area contributed by atoms with E-state index >= 15 is 0 Å². The van der Waals surface area contributed by atoms with Crippen LogP contribution in [0.4, 0.5) is 5.69 Å². The van der Waals surface area contributed by atoms with Crippen molar-refractivity contribution >= 4 is 34.2 Å². The molecule has 27 heavy (non-hydrogen) atoms. The zero-order valence-electron chi connectivity index (χ0n) is 16.3. The van der Waals surface area contributed by atoms with Crippen LogP contribution in [0.5, 0.6) is 0 Å². The lowest BCUT2D eigenvalue weighted by Crippen LogP contribution is -2.37. The average Bonchev–Trinajstić information content (AvgIpc) is 3.12. The van der Waals surface area contributed by atoms with Gasteiger partial charge in [0.2, 0.25) is 5.91 Å². The summed E-state index contributed by atoms with van der Waals surface area (Å²) < 4.78 is 5.40. The van der Waals surface area contributed by atoms with Crippen molar-refractivity contribution in [3.8, 4) is 0 Å². The van der Waals surface area contributed by atoms with E-state index in [0.29, 0.717) is 23.0 Å². The van der Waals surface area contributed by atoms with E-state index in [1.807, 2.05) is 26.8 Å². The summed E-state index contributed by atoms with van der Waals surface area (Å²) in [5.74, 6) is 0.510. The fraction of sp³-hybridized carbons (Fsp3) is 0.579. The van der Waals surface area contributed by atoms with E-state index in [4.69, 9.17) is 4.42 Å². The SMILES string of the molecule is CCCC(NC(=O)C1CSC(C(C)=O)=N1)c1cc(N(CC)CC)cc(=O)o1. The number of amides is 1. The normalized spacial score (nSPS) is 17.3. The van der Waals surface area contributed by atoms with Crippen LogP contribution >= 0.6 is 11.8 Å². The number of anilines is 1. The van der Waals surface area contributed by atoms with Crippen molar-refractivity contribution in [2.75, 3.05) is 23.7 Å². The Labute approximate surface area is 163 Å². The van der Waals surface area contributed by atoms with E-state index < -0.39 is 17.7 Å².